The van der Waals surface area contributed by atoms with Crippen molar-refractivity contribution in [3.05, 3.63) is 48.0 Å². The predicted octanol–water partition coefficient (Wildman–Crippen LogP) is 4.80. The molecule has 0 fully saturated rings. The van der Waals surface area contributed by atoms with Gasteiger partial charge < -0.3 is 9.15 Å². The van der Waals surface area contributed by atoms with Gasteiger partial charge in [0.1, 0.15) is 11.3 Å². The van der Waals surface area contributed by atoms with Crippen molar-refractivity contribution < 1.29 is 9.15 Å². The molecule has 21 heavy (non-hydrogen) atoms. The third-order valence-corrected chi connectivity index (χ3v) is 3.57. The summed E-state index contributed by atoms with van der Waals surface area (Å²) in [6, 6.07) is 13.9. The molecule has 3 rings (SSSR count). The quantitative estimate of drug-likeness (QED) is 0.676. The molecule has 0 N–H and O–H groups in total. The molecule has 3 aromatic rings. The zero-order valence-electron chi connectivity index (χ0n) is 12.8. The lowest BCUT2D eigenvalue weighted by Crippen LogP contribution is -2.10. The molecule has 0 saturated heterocycles. The van der Waals surface area contributed by atoms with Crippen LogP contribution < -0.4 is 4.74 Å². The van der Waals surface area contributed by atoms with Crippen LogP contribution in [0.2, 0.25) is 0 Å². The van der Waals surface area contributed by atoms with E-state index in [2.05, 4.69) is 37.9 Å². The number of ether oxygens (including phenoxy) is 1. The van der Waals surface area contributed by atoms with Crippen molar-refractivity contribution in [2.45, 2.75) is 26.2 Å². The maximum absolute atomic E-state index is 5.85. The average Bonchev–Trinajstić information content (AvgIpc) is 2.89. The van der Waals surface area contributed by atoms with Gasteiger partial charge in [0.25, 0.3) is 0 Å². The van der Waals surface area contributed by atoms with Gasteiger partial charge in [0.05, 0.1) is 7.11 Å². The minimum Gasteiger partial charge on any atom is -0.497 e. The van der Waals surface area contributed by atoms with Gasteiger partial charge in [0.2, 0.25) is 5.89 Å². The van der Waals surface area contributed by atoms with E-state index >= 15 is 0 Å². The van der Waals surface area contributed by atoms with E-state index in [1.807, 2.05) is 30.3 Å². The van der Waals surface area contributed by atoms with E-state index < -0.39 is 0 Å². The molecular weight excluding hydrogens is 262 g/mol. The lowest BCUT2D eigenvalue weighted by Gasteiger charge is -2.18. The molecule has 0 aliphatic carbocycles. The van der Waals surface area contributed by atoms with Crippen LogP contribution in [0.1, 0.15) is 26.3 Å². The van der Waals surface area contributed by atoms with Gasteiger partial charge in [0, 0.05) is 5.56 Å². The topological polar surface area (TPSA) is 35.3 Å². The number of oxazole rings is 1. The fraction of sp³-hybridized carbons (Fsp3) is 0.278. The standard InChI is InChI=1S/C18H19NO2/c1-18(2,3)13-8-9-16-15(11-13)19-17(21-16)12-6-5-7-14(10-12)20-4/h5-11H,1-4H3. The number of hydrogen-bond donors (Lipinski definition) is 0. The lowest BCUT2D eigenvalue weighted by molar-refractivity contribution is 0.415. The van der Waals surface area contributed by atoms with E-state index in [1.165, 1.54) is 5.56 Å². The van der Waals surface area contributed by atoms with Gasteiger partial charge in [-0.25, -0.2) is 4.98 Å². The summed E-state index contributed by atoms with van der Waals surface area (Å²) in [6.45, 7) is 6.58. The highest BCUT2D eigenvalue weighted by Crippen LogP contribution is 2.30. The van der Waals surface area contributed by atoms with E-state index in [4.69, 9.17) is 9.15 Å². The Morgan fingerprint density at radius 2 is 1.86 bits per heavy atom. The highest BCUT2D eigenvalue weighted by molar-refractivity contribution is 5.77. The van der Waals surface area contributed by atoms with Crippen LogP contribution in [0.5, 0.6) is 5.75 Å². The number of methoxy groups -OCH3 is 1. The zero-order chi connectivity index (χ0) is 15.0. The Labute approximate surface area is 124 Å². The number of nitrogens with zero attached hydrogens (tertiary/aromatic N) is 1. The van der Waals surface area contributed by atoms with Crippen molar-refractivity contribution in [3.8, 4) is 17.2 Å². The summed E-state index contributed by atoms with van der Waals surface area (Å²) in [6.07, 6.45) is 0. The molecule has 2 aromatic carbocycles. The second kappa shape index (κ2) is 4.92. The molecule has 0 bridgehead atoms. The summed E-state index contributed by atoms with van der Waals surface area (Å²) in [5.74, 6) is 1.42. The molecule has 0 atom stereocenters. The third-order valence-electron chi connectivity index (χ3n) is 3.57. The minimum absolute atomic E-state index is 0.100. The van der Waals surface area contributed by atoms with E-state index in [-0.39, 0.29) is 5.41 Å². The van der Waals surface area contributed by atoms with Crippen LogP contribution in [0.15, 0.2) is 46.9 Å². The fourth-order valence-electron chi connectivity index (χ4n) is 2.27. The Balaban J connectivity index is 2.08. The zero-order valence-corrected chi connectivity index (χ0v) is 12.8. The van der Waals surface area contributed by atoms with Crippen LogP contribution in [-0.4, -0.2) is 12.1 Å². The molecule has 0 amide bonds. The number of rotatable bonds is 2. The Morgan fingerprint density at radius 1 is 1.05 bits per heavy atom. The first-order valence-electron chi connectivity index (χ1n) is 7.03. The van der Waals surface area contributed by atoms with Crippen molar-refractivity contribution >= 4 is 11.1 Å². The smallest absolute Gasteiger partial charge is 0.227 e. The van der Waals surface area contributed by atoms with Gasteiger partial charge in [-0.05, 0) is 41.3 Å². The van der Waals surface area contributed by atoms with Crippen molar-refractivity contribution in [1.82, 2.24) is 4.98 Å². The average molecular weight is 281 g/mol. The summed E-state index contributed by atoms with van der Waals surface area (Å²) < 4.78 is 11.1. The molecule has 108 valence electrons. The molecule has 0 radical (unpaired) electrons. The predicted molar refractivity (Wildman–Crippen MR) is 84.7 cm³/mol. The van der Waals surface area contributed by atoms with Gasteiger partial charge in [-0.2, -0.15) is 0 Å². The van der Waals surface area contributed by atoms with Gasteiger partial charge in [-0.3, -0.25) is 0 Å². The van der Waals surface area contributed by atoms with Crippen LogP contribution in [0.25, 0.3) is 22.6 Å². The summed E-state index contributed by atoms with van der Waals surface area (Å²) in [7, 11) is 1.65. The molecular formula is C18H19NO2. The number of aromatic nitrogens is 1. The molecule has 3 heteroatoms. The van der Waals surface area contributed by atoms with Crippen LogP contribution in [0.4, 0.5) is 0 Å². The first kappa shape index (κ1) is 13.7. The van der Waals surface area contributed by atoms with Gasteiger partial charge in [0.15, 0.2) is 5.58 Å². The Morgan fingerprint density at radius 3 is 2.57 bits per heavy atom. The minimum atomic E-state index is 0.100. The largest absolute Gasteiger partial charge is 0.497 e. The highest BCUT2D eigenvalue weighted by atomic mass is 16.5. The molecule has 0 aliphatic heterocycles. The molecule has 1 heterocycles. The van der Waals surface area contributed by atoms with Gasteiger partial charge in [-0.1, -0.05) is 32.9 Å². The molecule has 3 nitrogen and oxygen atoms in total. The normalized spacial score (nSPS) is 11.8. The van der Waals surface area contributed by atoms with Crippen LogP contribution in [-0.2, 0) is 5.41 Å². The van der Waals surface area contributed by atoms with Gasteiger partial charge in [-0.15, -0.1) is 0 Å². The molecule has 0 spiro atoms. The van der Waals surface area contributed by atoms with E-state index in [1.54, 1.807) is 7.11 Å². The molecule has 0 aliphatic rings. The first-order chi connectivity index (χ1) is 9.97. The number of benzene rings is 2. The van der Waals surface area contributed by atoms with E-state index in [0.717, 1.165) is 22.4 Å². The summed E-state index contributed by atoms with van der Waals surface area (Å²) >= 11 is 0. The molecule has 0 saturated carbocycles. The van der Waals surface area contributed by atoms with E-state index in [9.17, 15) is 0 Å². The second-order valence-electron chi connectivity index (χ2n) is 6.18. The van der Waals surface area contributed by atoms with Gasteiger partial charge >= 0.3 is 0 Å². The number of fused-ring (bicyclic) bond motifs is 1. The van der Waals surface area contributed by atoms with Crippen molar-refractivity contribution in [3.63, 3.8) is 0 Å². The molecule has 1 aromatic heterocycles. The Kier molecular flexibility index (Phi) is 3.20. The monoisotopic (exact) mass is 281 g/mol. The van der Waals surface area contributed by atoms with Crippen molar-refractivity contribution in [1.29, 1.82) is 0 Å². The summed E-state index contributed by atoms with van der Waals surface area (Å²) in [4.78, 5) is 4.61. The maximum atomic E-state index is 5.85. The van der Waals surface area contributed by atoms with Crippen LogP contribution in [0, 0.1) is 0 Å². The molecule has 0 unspecified atom stereocenters. The SMILES string of the molecule is COc1cccc(-c2nc3cc(C(C)(C)C)ccc3o2)c1. The Hall–Kier alpha value is -2.29. The third kappa shape index (κ3) is 2.64. The fourth-order valence-corrected chi connectivity index (χ4v) is 2.27. The number of hydrogen-bond acceptors (Lipinski definition) is 3. The van der Waals surface area contributed by atoms with Crippen LogP contribution >= 0.6 is 0 Å². The summed E-state index contributed by atoms with van der Waals surface area (Å²) in [5, 5.41) is 0. The summed E-state index contributed by atoms with van der Waals surface area (Å²) in [5.41, 5.74) is 3.97. The first-order valence-corrected chi connectivity index (χ1v) is 7.03. The van der Waals surface area contributed by atoms with Crippen LogP contribution in [0.3, 0.4) is 0 Å². The van der Waals surface area contributed by atoms with E-state index in [0.29, 0.717) is 5.89 Å². The Bertz CT molecular complexity index is 781. The van der Waals surface area contributed by atoms with Crippen molar-refractivity contribution in [2.75, 3.05) is 7.11 Å². The maximum Gasteiger partial charge on any atom is 0.227 e. The highest BCUT2D eigenvalue weighted by Gasteiger charge is 2.16. The lowest BCUT2D eigenvalue weighted by atomic mass is 9.87. The second-order valence-corrected chi connectivity index (χ2v) is 6.18. The van der Waals surface area contributed by atoms with Crippen molar-refractivity contribution in [2.24, 2.45) is 0 Å².